The molecule has 8 heteroatoms. The van der Waals surface area contributed by atoms with Crippen LogP contribution < -0.4 is 19.7 Å². The Morgan fingerprint density at radius 3 is 2.57 bits per heavy atom. The molecule has 2 aliphatic heterocycles. The van der Waals surface area contributed by atoms with E-state index < -0.39 is 0 Å². The zero-order chi connectivity index (χ0) is 20.3. The molecule has 1 N–H and O–H groups in total. The summed E-state index contributed by atoms with van der Waals surface area (Å²) in [5, 5.41) is 3.57. The van der Waals surface area contributed by atoms with Crippen LogP contribution in [0.1, 0.15) is 19.4 Å². The molecule has 0 spiro atoms. The van der Waals surface area contributed by atoms with E-state index in [1.54, 1.807) is 0 Å². The number of hydrogen-bond donors (Lipinski definition) is 1. The van der Waals surface area contributed by atoms with Gasteiger partial charge in [0.1, 0.15) is 5.82 Å². The van der Waals surface area contributed by atoms with E-state index in [0.717, 1.165) is 56.0 Å². The molecule has 0 radical (unpaired) electrons. The third kappa shape index (κ3) is 4.91. The molecule has 1 aromatic heterocycles. The number of halogens is 1. The van der Waals surface area contributed by atoms with Crippen LogP contribution in [-0.2, 0) is 5.41 Å². The van der Waals surface area contributed by atoms with Gasteiger partial charge < -0.3 is 24.6 Å². The minimum Gasteiger partial charge on any atom is -0.454 e. The summed E-state index contributed by atoms with van der Waals surface area (Å²) < 4.78 is 11.0. The zero-order valence-corrected chi connectivity index (χ0v) is 20.1. The predicted molar refractivity (Wildman–Crippen MR) is 130 cm³/mol. The smallest absolute Gasteiger partial charge is 0.231 e. The van der Waals surface area contributed by atoms with Crippen LogP contribution in [0.25, 0.3) is 0 Å². The number of rotatable bonds is 4. The van der Waals surface area contributed by atoms with E-state index in [1.807, 2.05) is 31.4 Å². The van der Waals surface area contributed by atoms with Crippen LogP contribution in [0.5, 0.6) is 11.5 Å². The SMILES string of the molecule is CN=C(NCC(C)(C)c1ccc2c(c1)OCO2)N1CCN(c2ccccn2)CC1.I. The molecule has 0 atom stereocenters. The Hall–Kier alpha value is -2.23. The number of nitrogens with zero attached hydrogens (tertiary/aromatic N) is 4. The van der Waals surface area contributed by atoms with Crippen LogP contribution in [0.2, 0.25) is 0 Å². The van der Waals surface area contributed by atoms with Crippen LogP contribution >= 0.6 is 24.0 Å². The van der Waals surface area contributed by atoms with Crippen LogP contribution in [0.15, 0.2) is 47.6 Å². The van der Waals surface area contributed by atoms with Crippen molar-refractivity contribution in [2.45, 2.75) is 19.3 Å². The molecule has 0 unspecified atom stereocenters. The van der Waals surface area contributed by atoms with Crippen molar-refractivity contribution < 1.29 is 9.47 Å². The quantitative estimate of drug-likeness (QED) is 0.378. The van der Waals surface area contributed by atoms with E-state index >= 15 is 0 Å². The van der Waals surface area contributed by atoms with E-state index in [1.165, 1.54) is 5.56 Å². The van der Waals surface area contributed by atoms with Crippen molar-refractivity contribution >= 4 is 35.8 Å². The summed E-state index contributed by atoms with van der Waals surface area (Å²) in [4.78, 5) is 13.6. The summed E-state index contributed by atoms with van der Waals surface area (Å²) in [5.41, 5.74) is 1.14. The fourth-order valence-corrected chi connectivity index (χ4v) is 3.74. The molecule has 2 aliphatic rings. The van der Waals surface area contributed by atoms with Gasteiger partial charge in [-0.1, -0.05) is 26.0 Å². The van der Waals surface area contributed by atoms with Crippen LogP contribution in [0, 0.1) is 0 Å². The van der Waals surface area contributed by atoms with Gasteiger partial charge in [-0.15, -0.1) is 24.0 Å². The fraction of sp³-hybridized carbons (Fsp3) is 0.455. The average Bonchev–Trinajstić information content (AvgIpc) is 3.23. The lowest BCUT2D eigenvalue weighted by Crippen LogP contribution is -2.54. The second-order valence-corrected chi connectivity index (χ2v) is 8.01. The van der Waals surface area contributed by atoms with Gasteiger partial charge in [-0.3, -0.25) is 4.99 Å². The molecular weight excluding hydrogens is 493 g/mol. The third-order valence-electron chi connectivity index (χ3n) is 5.61. The molecule has 0 saturated carbocycles. The van der Waals surface area contributed by atoms with Crippen molar-refractivity contribution in [1.29, 1.82) is 0 Å². The second kappa shape index (κ2) is 9.72. The normalized spacial score (nSPS) is 16.3. The monoisotopic (exact) mass is 523 g/mol. The van der Waals surface area contributed by atoms with E-state index in [0.29, 0.717) is 6.79 Å². The highest BCUT2D eigenvalue weighted by molar-refractivity contribution is 14.0. The molecule has 1 aromatic carbocycles. The summed E-state index contributed by atoms with van der Waals surface area (Å²) >= 11 is 0. The van der Waals surface area contributed by atoms with Crippen molar-refractivity contribution in [3.63, 3.8) is 0 Å². The second-order valence-electron chi connectivity index (χ2n) is 8.01. The topological polar surface area (TPSA) is 62.2 Å². The van der Waals surface area contributed by atoms with Gasteiger partial charge >= 0.3 is 0 Å². The predicted octanol–water partition coefficient (Wildman–Crippen LogP) is 3.10. The van der Waals surface area contributed by atoms with Crippen molar-refractivity contribution in [1.82, 2.24) is 15.2 Å². The maximum atomic E-state index is 5.54. The number of hydrogen-bond acceptors (Lipinski definition) is 5. The van der Waals surface area contributed by atoms with Gasteiger partial charge in [0.2, 0.25) is 6.79 Å². The summed E-state index contributed by atoms with van der Waals surface area (Å²) in [6, 6.07) is 12.2. The molecule has 4 rings (SSSR count). The summed E-state index contributed by atoms with van der Waals surface area (Å²) in [7, 11) is 1.85. The third-order valence-corrected chi connectivity index (χ3v) is 5.61. The van der Waals surface area contributed by atoms with Crippen LogP contribution in [-0.4, -0.2) is 62.4 Å². The first-order valence-corrected chi connectivity index (χ1v) is 10.1. The highest BCUT2D eigenvalue weighted by Crippen LogP contribution is 2.36. The van der Waals surface area contributed by atoms with E-state index in [2.05, 4.69) is 57.1 Å². The lowest BCUT2D eigenvalue weighted by Gasteiger charge is -2.38. The Morgan fingerprint density at radius 1 is 1.10 bits per heavy atom. The van der Waals surface area contributed by atoms with Gasteiger partial charge in [-0.2, -0.15) is 0 Å². The fourth-order valence-electron chi connectivity index (χ4n) is 3.74. The molecule has 0 amide bonds. The van der Waals surface area contributed by atoms with Gasteiger partial charge in [-0.05, 0) is 29.8 Å². The summed E-state index contributed by atoms with van der Waals surface area (Å²) in [5.74, 6) is 3.63. The molecular formula is C22H30IN5O2. The standard InChI is InChI=1S/C22H29N5O2.HI/c1-22(2,17-7-8-18-19(14-17)29-16-28-18)15-25-21(23-3)27-12-10-26(11-13-27)20-6-4-5-9-24-20;/h4-9,14H,10-13,15-16H2,1-3H3,(H,23,25);1H. The highest BCUT2D eigenvalue weighted by atomic mass is 127. The number of ether oxygens (including phenoxy) is 2. The van der Waals surface area contributed by atoms with Gasteiger partial charge in [0.15, 0.2) is 17.5 Å². The number of fused-ring (bicyclic) bond motifs is 1. The number of pyridine rings is 1. The van der Waals surface area contributed by atoms with Crippen LogP contribution in [0.4, 0.5) is 5.82 Å². The molecule has 0 aliphatic carbocycles. The molecule has 1 fully saturated rings. The molecule has 3 heterocycles. The van der Waals surface area contributed by atoms with Crippen LogP contribution in [0.3, 0.4) is 0 Å². The van der Waals surface area contributed by atoms with E-state index in [4.69, 9.17) is 9.47 Å². The first-order valence-electron chi connectivity index (χ1n) is 10.1. The van der Waals surface area contributed by atoms with Crippen molar-refractivity contribution in [3.05, 3.63) is 48.2 Å². The first kappa shape index (κ1) is 22.5. The zero-order valence-electron chi connectivity index (χ0n) is 17.8. The molecule has 1 saturated heterocycles. The number of aliphatic imine (C=N–C) groups is 1. The Morgan fingerprint density at radius 2 is 1.87 bits per heavy atom. The molecule has 7 nitrogen and oxygen atoms in total. The number of piperazine rings is 1. The Balaban J connectivity index is 0.00000256. The van der Waals surface area contributed by atoms with Gasteiger partial charge in [-0.25, -0.2) is 4.98 Å². The molecule has 2 aromatic rings. The van der Waals surface area contributed by atoms with E-state index in [-0.39, 0.29) is 29.4 Å². The number of aromatic nitrogens is 1. The summed E-state index contributed by atoms with van der Waals surface area (Å²) in [6.07, 6.45) is 1.85. The molecule has 0 bridgehead atoms. The molecule has 30 heavy (non-hydrogen) atoms. The average molecular weight is 523 g/mol. The lowest BCUT2D eigenvalue weighted by molar-refractivity contribution is 0.174. The maximum Gasteiger partial charge on any atom is 0.231 e. The number of guanidine groups is 1. The highest BCUT2D eigenvalue weighted by Gasteiger charge is 2.26. The Labute approximate surface area is 195 Å². The lowest BCUT2D eigenvalue weighted by atomic mass is 9.84. The maximum absolute atomic E-state index is 5.54. The first-order chi connectivity index (χ1) is 14.1. The number of benzene rings is 1. The minimum atomic E-state index is -0.0767. The minimum absolute atomic E-state index is 0. The number of anilines is 1. The van der Waals surface area contributed by atoms with Gasteiger partial charge in [0, 0.05) is 51.4 Å². The van der Waals surface area contributed by atoms with Gasteiger partial charge in [0.05, 0.1) is 0 Å². The Bertz CT molecular complexity index is 867. The largest absolute Gasteiger partial charge is 0.454 e. The van der Waals surface area contributed by atoms with Crippen molar-refractivity contribution in [3.8, 4) is 11.5 Å². The van der Waals surface area contributed by atoms with E-state index in [9.17, 15) is 0 Å². The molecule has 162 valence electrons. The number of nitrogens with one attached hydrogen (secondary N) is 1. The van der Waals surface area contributed by atoms with Crippen molar-refractivity contribution in [2.75, 3.05) is 51.5 Å². The van der Waals surface area contributed by atoms with Gasteiger partial charge in [0.25, 0.3) is 0 Å². The summed E-state index contributed by atoms with van der Waals surface area (Å²) in [6.45, 7) is 9.23. The Kier molecular flexibility index (Phi) is 7.27. The van der Waals surface area contributed by atoms with Crippen molar-refractivity contribution in [2.24, 2.45) is 4.99 Å².